The zero-order valence-corrected chi connectivity index (χ0v) is 37.8. The van der Waals surface area contributed by atoms with Gasteiger partial charge in [-0.1, -0.05) is 68.3 Å². The molecule has 0 aromatic heterocycles. The van der Waals surface area contributed by atoms with E-state index in [-0.39, 0.29) is 47.0 Å². The number of hydrogen-bond donors (Lipinski definition) is 4. The first kappa shape index (κ1) is 55.3. The van der Waals surface area contributed by atoms with E-state index in [0.717, 1.165) is 78.6 Å². The average molecular weight is 946 g/mol. The van der Waals surface area contributed by atoms with Crippen molar-refractivity contribution in [3.05, 3.63) is 74.3 Å². The minimum atomic E-state index is -0.842. The lowest BCUT2D eigenvalue weighted by molar-refractivity contribution is -0.145. The molecule has 0 spiro atoms. The SMILES string of the molecule is Br.COC(=O)/C(=C(\C)N[C@H](C)C1CCC(O)CC1)c1ccccc1Br.COC(=O)C(C(C)=O)c1ccccc1Br.C[C@@H](N)C1CCC(O)CC1.[B][B].[B][B][B]. The maximum absolute atomic E-state index is 12.3. The van der Waals surface area contributed by atoms with Crippen LogP contribution in [0.25, 0.3) is 5.57 Å². The van der Waals surface area contributed by atoms with Gasteiger partial charge in [0.05, 0.1) is 32.0 Å². The van der Waals surface area contributed by atoms with Gasteiger partial charge in [0.25, 0.3) is 0 Å². The average Bonchev–Trinajstić information content (AvgIpc) is 3.15. The van der Waals surface area contributed by atoms with Crippen LogP contribution in [-0.2, 0) is 23.9 Å². The largest absolute Gasteiger partial charge is 0.468 e. The Morgan fingerprint density at radius 3 is 1.64 bits per heavy atom. The van der Waals surface area contributed by atoms with Crippen molar-refractivity contribution in [2.24, 2.45) is 17.6 Å². The first-order valence-electron chi connectivity index (χ1n) is 18.0. The van der Waals surface area contributed by atoms with Crippen LogP contribution in [0.1, 0.15) is 96.1 Å². The number of esters is 2. The molecular weight excluding hydrogens is 890 g/mol. The van der Waals surface area contributed by atoms with Gasteiger partial charge in [-0.3, -0.25) is 9.59 Å². The second kappa shape index (κ2) is 31.3. The minimum absolute atomic E-state index is 0. The molecule has 2 saturated carbocycles. The summed E-state index contributed by atoms with van der Waals surface area (Å²) in [5.41, 5.74) is 8.55. The van der Waals surface area contributed by atoms with E-state index in [1.807, 2.05) is 37.3 Å². The lowest BCUT2D eigenvalue weighted by atomic mass is 9.40. The molecule has 2 fully saturated rings. The number of allylic oxidation sites excluding steroid dienone is 1. The van der Waals surface area contributed by atoms with Crippen LogP contribution in [0, 0.1) is 11.8 Å². The first-order valence-corrected chi connectivity index (χ1v) is 19.5. The molecule has 0 amide bonds. The van der Waals surface area contributed by atoms with Crippen LogP contribution in [0.5, 0.6) is 0 Å². The van der Waals surface area contributed by atoms with Gasteiger partial charge < -0.3 is 30.7 Å². The van der Waals surface area contributed by atoms with Crippen LogP contribution in [0.2, 0.25) is 0 Å². The first-order chi connectivity index (χ1) is 25.6. The van der Waals surface area contributed by atoms with E-state index >= 15 is 0 Å². The fraction of sp³-hybridized carbons (Fsp3) is 0.553. The van der Waals surface area contributed by atoms with E-state index in [1.54, 1.807) is 18.2 Å². The Hall–Kier alpha value is -1.77. The molecule has 3 atom stereocenters. The van der Waals surface area contributed by atoms with Gasteiger partial charge in [-0.15, -0.1) is 17.0 Å². The van der Waals surface area contributed by atoms with Gasteiger partial charge >= 0.3 is 11.9 Å². The summed E-state index contributed by atoms with van der Waals surface area (Å²) in [6.07, 6.45) is 7.64. The van der Waals surface area contributed by atoms with Gasteiger partial charge in [0.15, 0.2) is 0 Å². The molecule has 1 unspecified atom stereocenters. The Kier molecular flexibility index (Phi) is 31.4. The number of hydrogen-bond acceptors (Lipinski definition) is 9. The third-order valence-corrected chi connectivity index (χ3v) is 10.8. The fourth-order valence-electron chi connectivity index (χ4n) is 6.33. The molecule has 17 heteroatoms. The molecule has 5 N–H and O–H groups in total. The summed E-state index contributed by atoms with van der Waals surface area (Å²) in [4.78, 5) is 35.2. The molecule has 9 radical (unpaired) electrons. The van der Waals surface area contributed by atoms with Crippen LogP contribution >= 0.6 is 48.8 Å². The van der Waals surface area contributed by atoms with E-state index in [4.69, 9.17) is 15.6 Å². The van der Waals surface area contributed by atoms with Gasteiger partial charge in [-0.25, -0.2) is 4.79 Å². The number of ether oxygens (including phenoxy) is 2. The maximum atomic E-state index is 12.3. The van der Waals surface area contributed by atoms with Crippen molar-refractivity contribution in [1.82, 2.24) is 5.32 Å². The van der Waals surface area contributed by atoms with Gasteiger partial charge in [0, 0.05) is 70.3 Å². The Labute approximate surface area is 362 Å². The van der Waals surface area contributed by atoms with Crippen molar-refractivity contribution in [1.29, 1.82) is 0 Å². The Morgan fingerprint density at radius 1 is 0.800 bits per heavy atom. The molecule has 0 aliphatic heterocycles. The lowest BCUT2D eigenvalue weighted by Crippen LogP contribution is -2.36. The van der Waals surface area contributed by atoms with Crippen molar-refractivity contribution in [2.75, 3.05) is 14.2 Å². The second-order valence-electron chi connectivity index (χ2n) is 13.2. The van der Waals surface area contributed by atoms with E-state index < -0.39 is 11.9 Å². The quantitative estimate of drug-likeness (QED) is 0.107. The number of methoxy groups -OCH3 is 2. The highest BCUT2D eigenvalue weighted by Gasteiger charge is 2.28. The maximum Gasteiger partial charge on any atom is 0.340 e. The summed E-state index contributed by atoms with van der Waals surface area (Å²) < 4.78 is 11.2. The van der Waals surface area contributed by atoms with Crippen LogP contribution in [0.15, 0.2) is 63.2 Å². The summed E-state index contributed by atoms with van der Waals surface area (Å²) in [6.45, 7) is 7.49. The van der Waals surface area contributed by atoms with E-state index in [0.29, 0.717) is 29.0 Å². The summed E-state index contributed by atoms with van der Waals surface area (Å²) in [7, 11) is 20.7. The number of halogens is 3. The number of rotatable bonds is 9. The molecule has 2 aromatic carbocycles. The van der Waals surface area contributed by atoms with Gasteiger partial charge in [-0.2, -0.15) is 0 Å². The van der Waals surface area contributed by atoms with Crippen molar-refractivity contribution in [3.8, 4) is 0 Å². The number of aliphatic hydroxyl groups excluding tert-OH is 2. The summed E-state index contributed by atoms with van der Waals surface area (Å²) in [6, 6.07) is 15.3. The topological polar surface area (TPSA) is 148 Å². The Morgan fingerprint density at radius 2 is 1.24 bits per heavy atom. The smallest absolute Gasteiger partial charge is 0.340 e. The normalized spacial score (nSPS) is 20.5. The number of nitrogens with one attached hydrogen (secondary N) is 1. The molecule has 0 heterocycles. The Balaban J connectivity index is 0. The minimum Gasteiger partial charge on any atom is -0.468 e. The molecule has 295 valence electrons. The molecule has 2 aliphatic carbocycles. The number of aliphatic hydroxyl groups is 2. The third-order valence-electron chi connectivity index (χ3n) is 9.34. The van der Waals surface area contributed by atoms with Crippen molar-refractivity contribution >= 4 is 110 Å². The molecule has 0 saturated heterocycles. The number of nitrogens with two attached hydrogens (primary N) is 1. The van der Waals surface area contributed by atoms with Crippen molar-refractivity contribution < 1.29 is 34.1 Å². The summed E-state index contributed by atoms with van der Waals surface area (Å²) in [5.74, 6) is -0.795. The number of ketones is 1. The number of carbonyl (C=O) groups is 3. The van der Waals surface area contributed by atoms with Gasteiger partial charge in [0.1, 0.15) is 11.7 Å². The van der Waals surface area contributed by atoms with Gasteiger partial charge in [0.2, 0.25) is 0 Å². The van der Waals surface area contributed by atoms with Crippen LogP contribution in [0.4, 0.5) is 0 Å². The summed E-state index contributed by atoms with van der Waals surface area (Å²) in [5, 5.41) is 22.3. The fourth-order valence-corrected chi connectivity index (χ4v) is 7.33. The van der Waals surface area contributed by atoms with Crippen LogP contribution in [0.3, 0.4) is 0 Å². The molecular formula is C38H55B5Br3N2O7. The van der Waals surface area contributed by atoms with Crippen LogP contribution < -0.4 is 11.1 Å². The van der Waals surface area contributed by atoms with E-state index in [1.165, 1.54) is 21.1 Å². The van der Waals surface area contributed by atoms with Crippen molar-refractivity contribution in [2.45, 2.75) is 109 Å². The van der Waals surface area contributed by atoms with E-state index in [9.17, 15) is 19.5 Å². The second-order valence-corrected chi connectivity index (χ2v) is 14.9. The summed E-state index contributed by atoms with van der Waals surface area (Å²) >= 11 is 6.82. The van der Waals surface area contributed by atoms with E-state index in [2.05, 4.69) is 86.7 Å². The van der Waals surface area contributed by atoms with Crippen LogP contribution in [-0.4, -0.2) is 104 Å². The molecule has 2 aromatic rings. The monoisotopic (exact) mass is 943 g/mol. The lowest BCUT2D eigenvalue weighted by Gasteiger charge is -2.31. The number of Topliss-reactive ketones (excluding diaryl/α,β-unsaturated/α-hetero) is 1. The standard InChI is InChI=1S/C19H26BrNO3.C11H11BrO3.C8H17NO.B3.B2.BrH/c1-12(14-8-10-15(22)11-9-14)21-13(2)18(19(23)24-3)16-6-4-5-7-17(16)20;1-7(13)10(11(14)15-2)8-5-3-4-6-9(8)12;1-6(9)7-2-4-8(10)5-3-7;1-3-2;1-2;/h4-7,12,14-15,21-22H,8-11H2,1-3H3;3-6,10H,1-2H3;6-8,10H,2-5,9H2,1H3;;;1H/b18-13+;;;;;/t12-,14?,15?;;6-,7?,8?;;;/m1.1.../s1. The highest BCUT2D eigenvalue weighted by atomic mass is 79.9. The molecule has 2 aliphatic rings. The van der Waals surface area contributed by atoms with Gasteiger partial charge in [-0.05, 0) is 109 Å². The van der Waals surface area contributed by atoms with Crippen molar-refractivity contribution in [3.63, 3.8) is 0 Å². The zero-order valence-electron chi connectivity index (χ0n) is 32.9. The third kappa shape index (κ3) is 20.5. The Bertz CT molecular complexity index is 1430. The molecule has 0 bridgehead atoms. The highest BCUT2D eigenvalue weighted by molar-refractivity contribution is 9.10. The zero-order chi connectivity index (χ0) is 41.4. The molecule has 55 heavy (non-hydrogen) atoms. The molecule has 9 nitrogen and oxygen atoms in total. The predicted octanol–water partition coefficient (Wildman–Crippen LogP) is 5.74. The number of benzene rings is 2. The number of carbonyl (C=O) groups excluding carboxylic acids is 3. The highest BCUT2D eigenvalue weighted by Crippen LogP contribution is 2.31. The molecule has 4 rings (SSSR count). The predicted molar refractivity (Wildman–Crippen MR) is 240 cm³/mol.